The van der Waals surface area contributed by atoms with E-state index in [1.807, 2.05) is 6.07 Å². The molecule has 0 bridgehead atoms. The maximum Gasteiger partial charge on any atom is 0.344 e. The Bertz CT molecular complexity index is 659. The molecule has 20 heavy (non-hydrogen) atoms. The standard InChI is InChI=1S/C14H18N4OS/c1-9-3-2-4-10(7-9)12(8-15)20-14-17-16-13(19)18(14)11-5-6-11/h2-4,7,11-12H,5-6,8,15H2,1H3,(H,16,19). The molecule has 3 N–H and O–H groups in total. The highest BCUT2D eigenvalue weighted by Crippen LogP contribution is 2.39. The molecule has 1 aromatic carbocycles. The lowest BCUT2D eigenvalue weighted by atomic mass is 10.1. The van der Waals surface area contributed by atoms with E-state index in [2.05, 4.69) is 35.3 Å². The number of H-pyrrole nitrogens is 1. The van der Waals surface area contributed by atoms with E-state index in [9.17, 15) is 4.79 Å². The van der Waals surface area contributed by atoms with Gasteiger partial charge in [0.1, 0.15) is 0 Å². The van der Waals surface area contributed by atoms with E-state index < -0.39 is 0 Å². The Kier molecular flexibility index (Phi) is 3.67. The lowest BCUT2D eigenvalue weighted by Crippen LogP contribution is -2.17. The molecule has 0 radical (unpaired) electrons. The predicted octanol–water partition coefficient (Wildman–Crippen LogP) is 2.01. The smallest absolute Gasteiger partial charge is 0.329 e. The van der Waals surface area contributed by atoms with Crippen LogP contribution < -0.4 is 11.4 Å². The van der Waals surface area contributed by atoms with E-state index in [0.29, 0.717) is 12.6 Å². The lowest BCUT2D eigenvalue weighted by Gasteiger charge is -2.15. The fourth-order valence-corrected chi connectivity index (χ4v) is 3.36. The molecular formula is C14H18N4OS. The minimum atomic E-state index is -0.116. The Morgan fingerprint density at radius 3 is 3.00 bits per heavy atom. The zero-order valence-corrected chi connectivity index (χ0v) is 12.2. The number of aryl methyl sites for hydroxylation is 1. The van der Waals surface area contributed by atoms with Gasteiger partial charge in [0.05, 0.1) is 0 Å². The van der Waals surface area contributed by atoms with E-state index in [-0.39, 0.29) is 10.9 Å². The third-order valence-corrected chi connectivity index (χ3v) is 4.71. The maximum atomic E-state index is 11.8. The van der Waals surface area contributed by atoms with Gasteiger partial charge in [-0.15, -0.1) is 5.10 Å². The van der Waals surface area contributed by atoms with Crippen molar-refractivity contribution in [3.8, 4) is 0 Å². The van der Waals surface area contributed by atoms with E-state index in [1.54, 1.807) is 16.3 Å². The van der Waals surface area contributed by atoms with E-state index >= 15 is 0 Å². The van der Waals surface area contributed by atoms with Crippen molar-refractivity contribution < 1.29 is 0 Å². The summed E-state index contributed by atoms with van der Waals surface area (Å²) >= 11 is 1.56. The monoisotopic (exact) mass is 290 g/mol. The van der Waals surface area contributed by atoms with Crippen LogP contribution in [0.1, 0.15) is 35.3 Å². The maximum absolute atomic E-state index is 11.8. The molecule has 0 aliphatic heterocycles. The second-order valence-corrected chi connectivity index (χ2v) is 6.34. The predicted molar refractivity (Wildman–Crippen MR) is 80.0 cm³/mol. The van der Waals surface area contributed by atoms with Crippen LogP contribution in [0.5, 0.6) is 0 Å². The van der Waals surface area contributed by atoms with E-state index in [4.69, 9.17) is 5.73 Å². The van der Waals surface area contributed by atoms with Gasteiger partial charge in [0.25, 0.3) is 0 Å². The molecule has 1 unspecified atom stereocenters. The fraction of sp³-hybridized carbons (Fsp3) is 0.429. The first-order valence-electron chi connectivity index (χ1n) is 6.79. The van der Waals surface area contributed by atoms with Gasteiger partial charge in [-0.1, -0.05) is 41.6 Å². The van der Waals surface area contributed by atoms with Crippen molar-refractivity contribution in [1.82, 2.24) is 14.8 Å². The van der Waals surface area contributed by atoms with Crippen LogP contribution in [0, 0.1) is 6.92 Å². The highest BCUT2D eigenvalue weighted by molar-refractivity contribution is 7.99. The summed E-state index contributed by atoms with van der Waals surface area (Å²) in [4.78, 5) is 11.8. The number of hydrogen-bond donors (Lipinski definition) is 2. The molecular weight excluding hydrogens is 272 g/mol. The second kappa shape index (κ2) is 5.46. The third-order valence-electron chi connectivity index (χ3n) is 3.46. The molecule has 1 aromatic heterocycles. The van der Waals surface area contributed by atoms with Crippen molar-refractivity contribution in [3.05, 3.63) is 45.9 Å². The van der Waals surface area contributed by atoms with Crippen LogP contribution in [-0.2, 0) is 0 Å². The van der Waals surface area contributed by atoms with Crippen LogP contribution in [0.3, 0.4) is 0 Å². The molecule has 106 valence electrons. The number of nitrogens with one attached hydrogen (secondary N) is 1. The van der Waals surface area contributed by atoms with Gasteiger partial charge < -0.3 is 5.73 Å². The van der Waals surface area contributed by atoms with Gasteiger partial charge in [0, 0.05) is 17.8 Å². The van der Waals surface area contributed by atoms with Crippen LogP contribution in [0.15, 0.2) is 34.2 Å². The van der Waals surface area contributed by atoms with Crippen molar-refractivity contribution in [2.45, 2.75) is 36.2 Å². The van der Waals surface area contributed by atoms with Crippen LogP contribution in [0.4, 0.5) is 0 Å². The molecule has 3 rings (SSSR count). The molecule has 5 nitrogen and oxygen atoms in total. The molecule has 1 aliphatic rings. The Labute approximate surface area is 121 Å². The van der Waals surface area contributed by atoms with Crippen LogP contribution >= 0.6 is 11.8 Å². The second-order valence-electron chi connectivity index (χ2n) is 5.17. The molecule has 1 fully saturated rings. The Morgan fingerprint density at radius 2 is 2.35 bits per heavy atom. The molecule has 1 aliphatic carbocycles. The zero-order valence-electron chi connectivity index (χ0n) is 11.4. The van der Waals surface area contributed by atoms with Gasteiger partial charge in [0.2, 0.25) is 0 Å². The molecule has 0 amide bonds. The highest BCUT2D eigenvalue weighted by Gasteiger charge is 2.29. The normalized spacial score (nSPS) is 16.3. The number of thioether (sulfide) groups is 1. The average molecular weight is 290 g/mol. The fourth-order valence-electron chi connectivity index (χ4n) is 2.28. The van der Waals surface area contributed by atoms with E-state index in [1.165, 1.54) is 11.1 Å². The minimum absolute atomic E-state index is 0.114. The summed E-state index contributed by atoms with van der Waals surface area (Å²) < 4.78 is 1.77. The first-order chi connectivity index (χ1) is 9.69. The summed E-state index contributed by atoms with van der Waals surface area (Å²) in [5.41, 5.74) is 8.18. The number of aromatic nitrogens is 3. The summed E-state index contributed by atoms with van der Waals surface area (Å²) in [6.45, 7) is 2.58. The van der Waals surface area contributed by atoms with Crippen LogP contribution in [0.25, 0.3) is 0 Å². The topological polar surface area (TPSA) is 76.7 Å². The van der Waals surface area contributed by atoms with Crippen molar-refractivity contribution in [2.75, 3.05) is 6.54 Å². The van der Waals surface area contributed by atoms with Gasteiger partial charge in [-0.2, -0.15) is 0 Å². The average Bonchev–Trinajstić information content (AvgIpc) is 3.20. The van der Waals surface area contributed by atoms with E-state index in [0.717, 1.165) is 18.0 Å². The third kappa shape index (κ3) is 2.66. The number of aromatic amines is 1. The van der Waals surface area contributed by atoms with Crippen molar-refractivity contribution in [3.63, 3.8) is 0 Å². The van der Waals surface area contributed by atoms with Crippen molar-refractivity contribution >= 4 is 11.8 Å². The lowest BCUT2D eigenvalue weighted by molar-refractivity contribution is 0.641. The first-order valence-corrected chi connectivity index (χ1v) is 7.67. The summed E-state index contributed by atoms with van der Waals surface area (Å²) in [5.74, 6) is 0. The molecule has 0 saturated heterocycles. The summed E-state index contributed by atoms with van der Waals surface area (Å²) in [6.07, 6.45) is 2.12. The number of benzene rings is 1. The van der Waals surface area contributed by atoms with Crippen molar-refractivity contribution in [2.24, 2.45) is 5.73 Å². The largest absolute Gasteiger partial charge is 0.344 e. The highest BCUT2D eigenvalue weighted by atomic mass is 32.2. The molecule has 0 spiro atoms. The quantitative estimate of drug-likeness (QED) is 0.826. The van der Waals surface area contributed by atoms with Gasteiger partial charge in [-0.05, 0) is 25.3 Å². The molecule has 6 heteroatoms. The Morgan fingerprint density at radius 1 is 1.55 bits per heavy atom. The zero-order chi connectivity index (χ0) is 14.1. The summed E-state index contributed by atoms with van der Waals surface area (Å²) in [5, 5.41) is 7.55. The van der Waals surface area contributed by atoms with Gasteiger partial charge >= 0.3 is 5.69 Å². The van der Waals surface area contributed by atoms with Gasteiger partial charge in [-0.25, -0.2) is 9.89 Å². The van der Waals surface area contributed by atoms with Crippen LogP contribution in [-0.4, -0.2) is 21.3 Å². The Hall–Kier alpha value is -1.53. The molecule has 1 saturated carbocycles. The SMILES string of the molecule is Cc1cccc(C(CN)Sc2n[nH]c(=O)n2C2CC2)c1. The summed E-state index contributed by atoms with van der Waals surface area (Å²) in [6, 6.07) is 8.63. The number of nitrogens with zero attached hydrogens (tertiary/aromatic N) is 2. The number of nitrogens with two attached hydrogens (primary N) is 1. The van der Waals surface area contributed by atoms with Crippen molar-refractivity contribution in [1.29, 1.82) is 0 Å². The minimum Gasteiger partial charge on any atom is -0.329 e. The number of rotatable bonds is 5. The van der Waals surface area contributed by atoms with Gasteiger partial charge in [-0.3, -0.25) is 4.57 Å². The molecule has 1 heterocycles. The first kappa shape index (κ1) is 13.5. The molecule has 1 atom stereocenters. The number of hydrogen-bond acceptors (Lipinski definition) is 4. The molecule has 2 aromatic rings. The Balaban J connectivity index is 1.87. The van der Waals surface area contributed by atoms with Gasteiger partial charge in [0.15, 0.2) is 5.16 Å². The summed E-state index contributed by atoms with van der Waals surface area (Å²) in [7, 11) is 0. The van der Waals surface area contributed by atoms with Crippen LogP contribution in [0.2, 0.25) is 0 Å².